The van der Waals surface area contributed by atoms with Gasteiger partial charge < -0.3 is 10.1 Å². The molecule has 2 aliphatic heterocycles. The van der Waals surface area contributed by atoms with Gasteiger partial charge in [-0.25, -0.2) is 0 Å². The average molecular weight is 333 g/mol. The first-order valence-electron chi connectivity index (χ1n) is 8.75. The number of carbonyl (C=O) groups excluding carboxylic acids is 1. The molecular formula is C20H19N3O2. The van der Waals surface area contributed by atoms with E-state index in [2.05, 4.69) is 21.4 Å². The van der Waals surface area contributed by atoms with Crippen molar-refractivity contribution in [2.75, 3.05) is 13.7 Å². The molecule has 5 heteroatoms. The zero-order chi connectivity index (χ0) is 17.0. The molecule has 1 aromatic carbocycles. The van der Waals surface area contributed by atoms with Crippen LogP contribution in [0.1, 0.15) is 47.6 Å². The second-order valence-corrected chi connectivity index (χ2v) is 6.96. The van der Waals surface area contributed by atoms with Crippen molar-refractivity contribution in [3.8, 4) is 5.75 Å². The third-order valence-electron chi connectivity index (χ3n) is 5.56. The maximum absolute atomic E-state index is 13.3. The number of carbonyl (C=O) groups is 1. The maximum atomic E-state index is 13.3. The van der Waals surface area contributed by atoms with Crippen LogP contribution in [-0.4, -0.2) is 30.4 Å². The molecule has 1 N–H and O–H groups in total. The summed E-state index contributed by atoms with van der Waals surface area (Å²) in [4.78, 5) is 22.2. The Balaban J connectivity index is 1.81. The lowest BCUT2D eigenvalue weighted by Crippen LogP contribution is -2.55. The molecule has 3 heterocycles. The number of rotatable bonds is 1. The van der Waals surface area contributed by atoms with E-state index in [1.165, 1.54) is 12.8 Å². The Hall–Kier alpha value is -2.69. The van der Waals surface area contributed by atoms with Crippen molar-refractivity contribution in [3.63, 3.8) is 0 Å². The highest BCUT2D eigenvalue weighted by Gasteiger charge is 2.51. The lowest BCUT2D eigenvalue weighted by Gasteiger charge is -2.42. The molecule has 0 radical (unpaired) electrons. The van der Waals surface area contributed by atoms with Crippen molar-refractivity contribution in [1.29, 1.82) is 0 Å². The molecule has 0 bridgehead atoms. The molecule has 1 aromatic heterocycles. The minimum Gasteiger partial charge on any atom is -0.493 e. The number of nitrogens with one attached hydrogen (secondary N) is 1. The lowest BCUT2D eigenvalue weighted by molar-refractivity contribution is -0.125. The number of fused-ring (bicyclic) bond motifs is 4. The molecule has 5 nitrogen and oxygen atoms in total. The van der Waals surface area contributed by atoms with Gasteiger partial charge in [0.05, 0.1) is 6.61 Å². The van der Waals surface area contributed by atoms with Crippen LogP contribution in [0.2, 0.25) is 0 Å². The molecule has 5 rings (SSSR count). The molecule has 1 amide bonds. The number of hydrogen-bond acceptors (Lipinski definition) is 4. The van der Waals surface area contributed by atoms with Crippen molar-refractivity contribution in [1.82, 2.24) is 10.3 Å². The Morgan fingerprint density at radius 1 is 1.28 bits per heavy atom. The normalized spacial score (nSPS) is 26.0. The van der Waals surface area contributed by atoms with Crippen LogP contribution in [0.4, 0.5) is 0 Å². The first-order valence-corrected chi connectivity index (χ1v) is 8.75. The number of pyridine rings is 1. The fourth-order valence-corrected chi connectivity index (χ4v) is 4.11. The standard InChI is InChI=1S/C20H19N3O2/c1-21-18-13-11-22-16(12-6-7-12)10-15(13)20(19(24)23-18)8-9-25-17-5-3-2-4-14(17)20/h2-5,10-12H,6-9H2,1H3,(H,21,23,24)/t20-/m1/s1. The summed E-state index contributed by atoms with van der Waals surface area (Å²) in [5.41, 5.74) is 3.23. The number of hydrogen-bond donors (Lipinski definition) is 1. The number of para-hydroxylation sites is 1. The third-order valence-corrected chi connectivity index (χ3v) is 5.56. The van der Waals surface area contributed by atoms with Crippen LogP contribution in [-0.2, 0) is 10.2 Å². The summed E-state index contributed by atoms with van der Waals surface area (Å²) in [6.07, 6.45) is 4.86. The van der Waals surface area contributed by atoms with Crippen molar-refractivity contribution in [2.24, 2.45) is 4.99 Å². The first kappa shape index (κ1) is 14.6. The third kappa shape index (κ3) is 1.98. The number of benzene rings is 1. The number of aromatic nitrogens is 1. The van der Waals surface area contributed by atoms with Crippen LogP contribution < -0.4 is 10.1 Å². The predicted octanol–water partition coefficient (Wildman–Crippen LogP) is 2.53. The van der Waals surface area contributed by atoms with Gasteiger partial charge in [0.25, 0.3) is 0 Å². The summed E-state index contributed by atoms with van der Waals surface area (Å²) in [5.74, 6) is 1.90. The molecular weight excluding hydrogens is 314 g/mol. The highest BCUT2D eigenvalue weighted by atomic mass is 16.5. The van der Waals surface area contributed by atoms with Crippen LogP contribution >= 0.6 is 0 Å². The van der Waals surface area contributed by atoms with Gasteiger partial charge in [0.15, 0.2) is 0 Å². The summed E-state index contributed by atoms with van der Waals surface area (Å²) in [7, 11) is 1.70. The van der Waals surface area contributed by atoms with Crippen molar-refractivity contribution in [3.05, 3.63) is 58.9 Å². The fraction of sp³-hybridized carbons (Fsp3) is 0.350. The predicted molar refractivity (Wildman–Crippen MR) is 94.1 cm³/mol. The number of amidine groups is 1. The minimum absolute atomic E-state index is 0.0238. The molecule has 3 aliphatic rings. The molecule has 1 atom stereocenters. The van der Waals surface area contributed by atoms with E-state index in [0.29, 0.717) is 24.8 Å². The van der Waals surface area contributed by atoms with E-state index < -0.39 is 5.41 Å². The largest absolute Gasteiger partial charge is 0.493 e. The average Bonchev–Trinajstić information content (AvgIpc) is 3.50. The highest BCUT2D eigenvalue weighted by Crippen LogP contribution is 2.48. The molecule has 1 saturated carbocycles. The second-order valence-electron chi connectivity index (χ2n) is 6.96. The Bertz CT molecular complexity index is 917. The minimum atomic E-state index is -0.731. The van der Waals surface area contributed by atoms with Crippen LogP contribution in [0.5, 0.6) is 5.75 Å². The van der Waals surface area contributed by atoms with Crippen LogP contribution in [0.25, 0.3) is 0 Å². The number of aliphatic imine (C=N–C) groups is 1. The van der Waals surface area contributed by atoms with Crippen LogP contribution in [0.3, 0.4) is 0 Å². The van der Waals surface area contributed by atoms with E-state index in [0.717, 1.165) is 28.1 Å². The summed E-state index contributed by atoms with van der Waals surface area (Å²) < 4.78 is 5.83. The van der Waals surface area contributed by atoms with Crippen molar-refractivity contribution < 1.29 is 9.53 Å². The summed E-state index contributed by atoms with van der Waals surface area (Å²) in [5, 5.41) is 3.00. The van der Waals surface area contributed by atoms with Gasteiger partial charge in [-0.05, 0) is 30.5 Å². The summed E-state index contributed by atoms with van der Waals surface area (Å²) >= 11 is 0. The maximum Gasteiger partial charge on any atom is 0.240 e. The number of amides is 1. The molecule has 1 fully saturated rings. The Kier molecular flexibility index (Phi) is 3.02. The van der Waals surface area contributed by atoms with Crippen LogP contribution in [0, 0.1) is 0 Å². The van der Waals surface area contributed by atoms with Crippen LogP contribution in [0.15, 0.2) is 41.5 Å². The Morgan fingerprint density at radius 3 is 2.92 bits per heavy atom. The van der Waals surface area contributed by atoms with E-state index in [-0.39, 0.29) is 5.91 Å². The van der Waals surface area contributed by atoms with Gasteiger partial charge in [-0.2, -0.15) is 0 Å². The molecule has 0 unspecified atom stereocenters. The Labute approximate surface area is 146 Å². The van der Waals surface area contributed by atoms with Gasteiger partial charge in [-0.1, -0.05) is 18.2 Å². The molecule has 126 valence electrons. The van der Waals surface area contributed by atoms with E-state index in [1.54, 1.807) is 7.05 Å². The summed E-state index contributed by atoms with van der Waals surface area (Å²) in [6.45, 7) is 0.517. The fourth-order valence-electron chi connectivity index (χ4n) is 4.11. The van der Waals surface area contributed by atoms with Gasteiger partial charge in [-0.15, -0.1) is 0 Å². The summed E-state index contributed by atoms with van der Waals surface area (Å²) in [6, 6.07) is 9.99. The zero-order valence-electron chi connectivity index (χ0n) is 14.1. The molecule has 25 heavy (non-hydrogen) atoms. The van der Waals surface area contributed by atoms with Gasteiger partial charge >= 0.3 is 0 Å². The van der Waals surface area contributed by atoms with E-state index in [9.17, 15) is 4.79 Å². The molecule has 1 spiro atoms. The van der Waals surface area contributed by atoms with Gasteiger partial charge in [0, 0.05) is 42.4 Å². The number of ether oxygens (including phenoxy) is 1. The van der Waals surface area contributed by atoms with Crippen molar-refractivity contribution in [2.45, 2.75) is 30.6 Å². The number of nitrogens with zero attached hydrogens (tertiary/aromatic N) is 2. The highest BCUT2D eigenvalue weighted by molar-refractivity contribution is 6.17. The van der Waals surface area contributed by atoms with Gasteiger partial charge in [-0.3, -0.25) is 14.8 Å². The molecule has 2 aromatic rings. The second kappa shape index (κ2) is 5.15. The zero-order valence-corrected chi connectivity index (χ0v) is 14.1. The van der Waals surface area contributed by atoms with E-state index in [4.69, 9.17) is 4.74 Å². The SMILES string of the molecule is CN=C1NC(=O)[C@@]2(CCOc3ccccc32)c2cc(C3CC3)ncc21. The monoisotopic (exact) mass is 333 g/mol. The Morgan fingerprint density at radius 2 is 2.12 bits per heavy atom. The van der Waals surface area contributed by atoms with E-state index in [1.807, 2.05) is 30.5 Å². The van der Waals surface area contributed by atoms with Gasteiger partial charge in [0.1, 0.15) is 17.0 Å². The molecule has 1 aliphatic carbocycles. The van der Waals surface area contributed by atoms with E-state index >= 15 is 0 Å². The van der Waals surface area contributed by atoms with Gasteiger partial charge in [0.2, 0.25) is 5.91 Å². The topological polar surface area (TPSA) is 63.6 Å². The lowest BCUT2D eigenvalue weighted by atomic mass is 9.67. The smallest absolute Gasteiger partial charge is 0.240 e. The molecule has 0 saturated heterocycles. The quantitative estimate of drug-likeness (QED) is 0.872. The van der Waals surface area contributed by atoms with Crippen molar-refractivity contribution >= 4 is 11.7 Å². The first-order chi connectivity index (χ1) is 12.2.